The zero-order valence-corrected chi connectivity index (χ0v) is 8.87. The summed E-state index contributed by atoms with van der Waals surface area (Å²) in [5.74, 6) is 1.67. The molecular weight excluding hydrogens is 172 g/mol. The van der Waals surface area contributed by atoms with Crippen molar-refractivity contribution >= 4 is 8.80 Å². The molecule has 0 aromatic carbocycles. The van der Waals surface area contributed by atoms with E-state index in [1.54, 1.807) is 21.3 Å². The van der Waals surface area contributed by atoms with Crippen LogP contribution in [0.3, 0.4) is 0 Å². The van der Waals surface area contributed by atoms with Gasteiger partial charge in [0.2, 0.25) is 0 Å². The third-order valence-electron chi connectivity index (χ3n) is 3.49. The van der Waals surface area contributed by atoms with Crippen LogP contribution in [0.5, 0.6) is 0 Å². The molecule has 0 amide bonds. The Labute approximate surface area is 74.4 Å². The zero-order valence-electron chi connectivity index (χ0n) is 7.87. The summed E-state index contributed by atoms with van der Waals surface area (Å²) in [6.45, 7) is 0. The molecule has 0 atom stereocenters. The van der Waals surface area contributed by atoms with E-state index in [1.165, 1.54) is 12.8 Å². The summed E-state index contributed by atoms with van der Waals surface area (Å²) in [7, 11) is 2.87. The van der Waals surface area contributed by atoms with Crippen molar-refractivity contribution in [2.45, 2.75) is 18.4 Å². The van der Waals surface area contributed by atoms with E-state index in [2.05, 4.69) is 0 Å². The Balaban J connectivity index is 2.05. The highest BCUT2D eigenvalue weighted by molar-refractivity contribution is 6.63. The summed E-state index contributed by atoms with van der Waals surface area (Å²) in [5, 5.41) is 0. The van der Waals surface area contributed by atoms with E-state index in [-0.39, 0.29) is 0 Å². The van der Waals surface area contributed by atoms with Crippen molar-refractivity contribution in [2.75, 3.05) is 21.3 Å². The molecule has 0 aromatic heterocycles. The molecular formula is C8H16O3Si. The Bertz CT molecular complexity index is 159. The lowest BCUT2D eigenvalue weighted by molar-refractivity contribution is -0.0413. The topological polar surface area (TPSA) is 27.7 Å². The van der Waals surface area contributed by atoms with Gasteiger partial charge in [-0.15, -0.1) is 0 Å². The first-order valence-electron chi connectivity index (χ1n) is 4.43. The predicted octanol–water partition coefficient (Wildman–Crippen LogP) is 1.27. The van der Waals surface area contributed by atoms with Gasteiger partial charge in [-0.1, -0.05) is 0 Å². The first-order chi connectivity index (χ1) is 5.77. The van der Waals surface area contributed by atoms with Crippen molar-refractivity contribution in [3.05, 3.63) is 0 Å². The number of hydrogen-bond acceptors (Lipinski definition) is 3. The van der Waals surface area contributed by atoms with E-state index in [9.17, 15) is 0 Å². The Morgan fingerprint density at radius 3 is 1.42 bits per heavy atom. The fourth-order valence-corrected chi connectivity index (χ4v) is 5.54. The van der Waals surface area contributed by atoms with Gasteiger partial charge in [-0.2, -0.15) is 0 Å². The Hall–Kier alpha value is 0.0969. The summed E-state index contributed by atoms with van der Waals surface area (Å²) in [6, 6.07) is 0. The summed E-state index contributed by atoms with van der Waals surface area (Å²) in [4.78, 5) is 0. The molecule has 3 aliphatic rings. The van der Waals surface area contributed by atoms with Gasteiger partial charge < -0.3 is 13.3 Å². The van der Waals surface area contributed by atoms with E-state index in [4.69, 9.17) is 13.3 Å². The van der Waals surface area contributed by atoms with Gasteiger partial charge in [0, 0.05) is 26.9 Å². The van der Waals surface area contributed by atoms with Crippen molar-refractivity contribution in [1.29, 1.82) is 0 Å². The standard InChI is InChI=1S/C8H16O3Si/c1-9-12(10-2,11-3)8-6-4-7(8)5-6/h6-8H,4-5H2,1-3H3. The Kier molecular flexibility index (Phi) is 2.03. The Morgan fingerprint density at radius 2 is 1.33 bits per heavy atom. The summed E-state index contributed by atoms with van der Waals surface area (Å²) >= 11 is 0. The predicted molar refractivity (Wildman–Crippen MR) is 46.7 cm³/mol. The lowest BCUT2D eigenvalue weighted by Crippen LogP contribution is -2.63. The second-order valence-electron chi connectivity index (χ2n) is 3.73. The van der Waals surface area contributed by atoms with Gasteiger partial charge in [-0.3, -0.25) is 0 Å². The smallest absolute Gasteiger partial charge is 0.377 e. The monoisotopic (exact) mass is 188 g/mol. The zero-order chi connectivity index (χ0) is 8.77. The maximum Gasteiger partial charge on any atom is 0.503 e. The van der Waals surface area contributed by atoms with E-state index < -0.39 is 8.80 Å². The molecule has 0 heterocycles. The third-order valence-corrected chi connectivity index (χ3v) is 6.95. The highest BCUT2D eigenvalue weighted by Gasteiger charge is 2.66. The van der Waals surface area contributed by atoms with E-state index in [0.717, 1.165) is 11.8 Å². The van der Waals surface area contributed by atoms with Crippen LogP contribution in [0.25, 0.3) is 0 Å². The molecule has 3 rings (SSSR count). The Morgan fingerprint density at radius 1 is 0.917 bits per heavy atom. The molecule has 3 fully saturated rings. The van der Waals surface area contributed by atoms with Gasteiger partial charge in [-0.25, -0.2) is 0 Å². The number of hydrogen-bond donors (Lipinski definition) is 0. The highest BCUT2D eigenvalue weighted by atomic mass is 28.4. The molecule has 3 saturated carbocycles. The summed E-state index contributed by atoms with van der Waals surface area (Å²) in [5.41, 5.74) is 0.609. The van der Waals surface area contributed by atoms with Gasteiger partial charge in [0.25, 0.3) is 0 Å². The van der Waals surface area contributed by atoms with Crippen LogP contribution >= 0.6 is 0 Å². The summed E-state index contributed by atoms with van der Waals surface area (Å²) in [6.07, 6.45) is 2.74. The minimum Gasteiger partial charge on any atom is -0.377 e. The second kappa shape index (κ2) is 2.80. The third kappa shape index (κ3) is 0.864. The van der Waals surface area contributed by atoms with Gasteiger partial charge in [0.1, 0.15) is 0 Å². The molecule has 0 radical (unpaired) electrons. The van der Waals surface area contributed by atoms with Crippen LogP contribution < -0.4 is 0 Å². The fourth-order valence-electron chi connectivity index (χ4n) is 2.52. The maximum atomic E-state index is 5.44. The van der Waals surface area contributed by atoms with Crippen LogP contribution in [0.4, 0.5) is 0 Å². The average Bonchev–Trinajstić information content (AvgIpc) is 1.95. The molecule has 0 aromatic rings. The molecule has 12 heavy (non-hydrogen) atoms. The molecule has 0 spiro atoms. The molecule has 70 valence electrons. The van der Waals surface area contributed by atoms with Crippen molar-refractivity contribution in [3.63, 3.8) is 0 Å². The average molecular weight is 188 g/mol. The van der Waals surface area contributed by atoms with Gasteiger partial charge in [-0.05, 0) is 24.7 Å². The highest BCUT2D eigenvalue weighted by Crippen LogP contribution is 2.66. The molecule has 2 bridgehead atoms. The van der Waals surface area contributed by atoms with Gasteiger partial charge in [0.15, 0.2) is 0 Å². The number of rotatable bonds is 4. The van der Waals surface area contributed by atoms with E-state index >= 15 is 0 Å². The minimum absolute atomic E-state index is 0.609. The van der Waals surface area contributed by atoms with Crippen molar-refractivity contribution in [3.8, 4) is 0 Å². The second-order valence-corrected chi connectivity index (χ2v) is 6.83. The van der Waals surface area contributed by atoms with Crippen LogP contribution in [0.1, 0.15) is 12.8 Å². The molecule has 0 N–H and O–H groups in total. The largest absolute Gasteiger partial charge is 0.503 e. The lowest BCUT2D eigenvalue weighted by Gasteiger charge is -2.61. The minimum atomic E-state index is -2.25. The van der Waals surface area contributed by atoms with E-state index in [0.29, 0.717) is 5.54 Å². The molecule has 0 saturated heterocycles. The van der Waals surface area contributed by atoms with E-state index in [1.807, 2.05) is 0 Å². The van der Waals surface area contributed by atoms with Gasteiger partial charge >= 0.3 is 8.80 Å². The summed E-state index contributed by atoms with van der Waals surface area (Å²) < 4.78 is 16.3. The molecule has 4 heteroatoms. The van der Waals surface area contributed by atoms with Crippen LogP contribution in [-0.2, 0) is 13.3 Å². The van der Waals surface area contributed by atoms with Crippen molar-refractivity contribution in [1.82, 2.24) is 0 Å². The van der Waals surface area contributed by atoms with Crippen LogP contribution in [0.15, 0.2) is 0 Å². The fraction of sp³-hybridized carbons (Fsp3) is 1.00. The van der Waals surface area contributed by atoms with Gasteiger partial charge in [0.05, 0.1) is 0 Å². The lowest BCUT2D eigenvalue weighted by atomic mass is 9.55. The molecule has 3 aliphatic carbocycles. The normalized spacial score (nSPS) is 38.8. The molecule has 0 aliphatic heterocycles. The molecule has 0 unspecified atom stereocenters. The quantitative estimate of drug-likeness (QED) is 0.622. The van der Waals surface area contributed by atoms with Crippen molar-refractivity contribution in [2.24, 2.45) is 11.8 Å². The molecule has 3 nitrogen and oxygen atoms in total. The first-order valence-corrected chi connectivity index (χ1v) is 6.23. The van der Waals surface area contributed by atoms with Crippen molar-refractivity contribution < 1.29 is 13.3 Å². The van der Waals surface area contributed by atoms with Crippen LogP contribution in [0.2, 0.25) is 5.54 Å². The maximum absolute atomic E-state index is 5.44. The SMILES string of the molecule is CO[Si](OC)(OC)C1C2CC1C2. The first kappa shape index (κ1) is 8.68. The van der Waals surface area contributed by atoms with Crippen LogP contribution in [0, 0.1) is 11.8 Å². The van der Waals surface area contributed by atoms with Crippen LogP contribution in [-0.4, -0.2) is 30.1 Å².